The third-order valence-electron chi connectivity index (χ3n) is 11.7. The zero-order chi connectivity index (χ0) is 43.2. The molecule has 16 nitrogen and oxygen atoms in total. The Hall–Kier alpha value is -7.24. The lowest BCUT2D eigenvalue weighted by molar-refractivity contribution is -0.0711. The third-order valence-corrected chi connectivity index (χ3v) is 11.7. The maximum atomic E-state index is 12.3. The number of ether oxygens (including phenoxy) is 3. The molecule has 314 valence electrons. The Labute approximate surface area is 345 Å². The van der Waals surface area contributed by atoms with E-state index in [1.54, 1.807) is 0 Å². The van der Waals surface area contributed by atoms with E-state index in [0.29, 0.717) is 11.1 Å². The van der Waals surface area contributed by atoms with Crippen molar-refractivity contribution >= 4 is 0 Å². The molecule has 6 aromatic rings. The van der Waals surface area contributed by atoms with E-state index in [0.717, 1.165) is 6.07 Å². The van der Waals surface area contributed by atoms with Crippen LogP contribution in [0.2, 0.25) is 0 Å². The first-order valence-corrected chi connectivity index (χ1v) is 19.0. The van der Waals surface area contributed by atoms with E-state index in [9.17, 15) is 66.4 Å². The van der Waals surface area contributed by atoms with Gasteiger partial charge in [0.15, 0.2) is 52.8 Å². The molecule has 3 aliphatic heterocycles. The van der Waals surface area contributed by atoms with E-state index in [1.807, 2.05) is 0 Å². The molecular weight excluding hydrogens is 796 g/mol. The van der Waals surface area contributed by atoms with Crippen LogP contribution in [0, 0.1) is 0 Å². The van der Waals surface area contributed by atoms with Gasteiger partial charge in [-0.05, 0) is 71.3 Å². The number of hydrogen-bond acceptors (Lipinski definition) is 16. The summed E-state index contributed by atoms with van der Waals surface area (Å²) >= 11 is 0. The standard InChI is InChI=1S/C45H38O16/c46-20-7-1-17(2-8-20)40-35(54)29(23-13-14-28(49)34(53)43(23)59-40)24-15-26-30(36(55)41(18-3-9-21(47)10-4-18)60-44(26)38(57)31(24)50)25-16-27-33(52)37(56)42(19-5-11-22(48)12-6-19)61-45(27)39(58)32(25)51/h1-16,29-30,33,35-37,40-42,46-58H. The van der Waals surface area contributed by atoms with E-state index < -0.39 is 101 Å². The molecule has 9 atom stereocenters. The van der Waals surface area contributed by atoms with Crippen LogP contribution in [-0.2, 0) is 0 Å². The van der Waals surface area contributed by atoms with Crippen LogP contribution in [0.15, 0.2) is 97.1 Å². The van der Waals surface area contributed by atoms with Crippen molar-refractivity contribution < 1.29 is 80.6 Å². The lowest BCUT2D eigenvalue weighted by Crippen LogP contribution is -2.37. The van der Waals surface area contributed by atoms with Gasteiger partial charge in [-0.1, -0.05) is 42.5 Å². The van der Waals surface area contributed by atoms with E-state index in [-0.39, 0.29) is 56.4 Å². The Bertz CT molecular complexity index is 2670. The second-order valence-corrected chi connectivity index (χ2v) is 15.3. The average Bonchev–Trinajstić information content (AvgIpc) is 3.24. The zero-order valence-electron chi connectivity index (χ0n) is 31.5. The highest BCUT2D eigenvalue weighted by Gasteiger charge is 2.48. The van der Waals surface area contributed by atoms with Crippen molar-refractivity contribution in [3.8, 4) is 69.0 Å². The van der Waals surface area contributed by atoms with Crippen molar-refractivity contribution in [2.24, 2.45) is 0 Å². The second-order valence-electron chi connectivity index (χ2n) is 15.3. The molecule has 0 spiro atoms. The molecule has 61 heavy (non-hydrogen) atoms. The number of phenolic OH excluding ortho intramolecular Hbond substituents is 9. The van der Waals surface area contributed by atoms with Crippen LogP contribution in [0.25, 0.3) is 0 Å². The molecule has 0 aliphatic carbocycles. The summed E-state index contributed by atoms with van der Waals surface area (Å²) in [5.41, 5.74) is 0.172. The van der Waals surface area contributed by atoms with Gasteiger partial charge in [0, 0.05) is 39.7 Å². The SMILES string of the molecule is Oc1ccc(C2Oc3c(cc(C4c5cc(C6c7ccc(O)c(O)c7OC(c7ccc(O)cc7)C6O)c(O)c(O)c5OC(c5ccc(O)cc5)C4O)c(O)c3O)C(O)C2O)cc1. The fourth-order valence-corrected chi connectivity index (χ4v) is 8.63. The maximum absolute atomic E-state index is 12.3. The van der Waals surface area contributed by atoms with Crippen LogP contribution < -0.4 is 14.2 Å². The number of benzene rings is 6. The van der Waals surface area contributed by atoms with Crippen LogP contribution in [0.1, 0.15) is 80.8 Å². The number of hydrogen-bond donors (Lipinski definition) is 13. The first-order valence-electron chi connectivity index (χ1n) is 19.0. The van der Waals surface area contributed by atoms with Gasteiger partial charge in [-0.3, -0.25) is 0 Å². The highest BCUT2D eigenvalue weighted by Crippen LogP contribution is 2.61. The summed E-state index contributed by atoms with van der Waals surface area (Å²) in [7, 11) is 0. The lowest BCUT2D eigenvalue weighted by Gasteiger charge is -2.41. The van der Waals surface area contributed by atoms with Crippen molar-refractivity contribution in [2.75, 3.05) is 0 Å². The van der Waals surface area contributed by atoms with Gasteiger partial charge < -0.3 is 80.6 Å². The molecule has 6 aromatic carbocycles. The third kappa shape index (κ3) is 6.23. The molecule has 0 fully saturated rings. The smallest absolute Gasteiger partial charge is 0.201 e. The van der Waals surface area contributed by atoms with Crippen molar-refractivity contribution in [2.45, 2.75) is 54.6 Å². The molecule has 0 aromatic heterocycles. The van der Waals surface area contributed by atoms with Gasteiger partial charge in [0.25, 0.3) is 0 Å². The Morgan fingerprint density at radius 3 is 1.13 bits per heavy atom. The van der Waals surface area contributed by atoms with Crippen LogP contribution in [-0.4, -0.2) is 84.7 Å². The lowest BCUT2D eigenvalue weighted by atomic mass is 9.74. The van der Waals surface area contributed by atoms with Crippen LogP contribution >= 0.6 is 0 Å². The molecule has 0 amide bonds. The maximum Gasteiger partial charge on any atom is 0.201 e. The van der Waals surface area contributed by atoms with Crippen molar-refractivity contribution in [1.29, 1.82) is 0 Å². The summed E-state index contributed by atoms with van der Waals surface area (Å²) in [5.74, 6) is -8.92. The van der Waals surface area contributed by atoms with Gasteiger partial charge in [0.05, 0.1) is 0 Å². The largest absolute Gasteiger partial charge is 0.508 e. The van der Waals surface area contributed by atoms with Crippen LogP contribution in [0.3, 0.4) is 0 Å². The number of rotatable bonds is 5. The summed E-state index contributed by atoms with van der Waals surface area (Å²) < 4.78 is 18.2. The summed E-state index contributed by atoms with van der Waals surface area (Å²) in [4.78, 5) is 0. The first-order chi connectivity index (χ1) is 29.1. The molecule has 9 unspecified atom stereocenters. The highest BCUT2D eigenvalue weighted by molar-refractivity contribution is 5.69. The fraction of sp³-hybridized carbons (Fsp3) is 0.200. The predicted octanol–water partition coefficient (Wildman–Crippen LogP) is 4.82. The average molecular weight is 835 g/mol. The van der Waals surface area contributed by atoms with Crippen molar-refractivity contribution in [3.63, 3.8) is 0 Å². The van der Waals surface area contributed by atoms with Gasteiger partial charge in [-0.15, -0.1) is 0 Å². The van der Waals surface area contributed by atoms with Crippen LogP contribution in [0.4, 0.5) is 0 Å². The molecule has 0 radical (unpaired) electrons. The first kappa shape index (κ1) is 39.2. The summed E-state index contributed by atoms with van der Waals surface area (Å²) in [6.07, 6.45) is -10.7. The molecule has 3 aliphatic rings. The van der Waals surface area contributed by atoms with Gasteiger partial charge >= 0.3 is 0 Å². The molecule has 0 saturated heterocycles. The Morgan fingerprint density at radius 1 is 0.328 bits per heavy atom. The Morgan fingerprint density at radius 2 is 0.689 bits per heavy atom. The number of aliphatic hydroxyl groups excluding tert-OH is 4. The van der Waals surface area contributed by atoms with Gasteiger partial charge in [0.2, 0.25) is 17.2 Å². The van der Waals surface area contributed by atoms with E-state index in [2.05, 4.69) is 0 Å². The van der Waals surface area contributed by atoms with Gasteiger partial charge in [-0.2, -0.15) is 0 Å². The predicted molar refractivity (Wildman–Crippen MR) is 210 cm³/mol. The minimum Gasteiger partial charge on any atom is -0.508 e. The van der Waals surface area contributed by atoms with Gasteiger partial charge in [0.1, 0.15) is 41.7 Å². The molecule has 0 bridgehead atoms. The van der Waals surface area contributed by atoms with Gasteiger partial charge in [-0.25, -0.2) is 0 Å². The number of aliphatic hydroxyl groups is 4. The molecular formula is C45H38O16. The normalized spacial score (nSPS) is 25.2. The fourth-order valence-electron chi connectivity index (χ4n) is 8.63. The van der Waals surface area contributed by atoms with E-state index in [1.165, 1.54) is 91.0 Å². The Kier molecular flexibility index (Phi) is 9.32. The number of fused-ring (bicyclic) bond motifs is 3. The topological polar surface area (TPSA) is 291 Å². The van der Waals surface area contributed by atoms with Crippen molar-refractivity contribution in [1.82, 2.24) is 0 Å². The molecule has 13 N–H and O–H groups in total. The quantitative estimate of drug-likeness (QED) is 0.104. The Balaban J connectivity index is 1.24. The van der Waals surface area contributed by atoms with E-state index in [4.69, 9.17) is 14.2 Å². The molecule has 16 heteroatoms. The minimum atomic E-state index is -1.75. The monoisotopic (exact) mass is 834 g/mol. The molecule has 3 heterocycles. The summed E-state index contributed by atoms with van der Waals surface area (Å²) in [6, 6.07) is 21.6. The zero-order valence-corrected chi connectivity index (χ0v) is 31.5. The number of aromatic hydroxyl groups is 9. The molecule has 9 rings (SSSR count). The van der Waals surface area contributed by atoms with Crippen molar-refractivity contribution in [3.05, 3.63) is 142 Å². The second kappa shape index (κ2) is 14.5. The van der Waals surface area contributed by atoms with E-state index >= 15 is 0 Å². The minimum absolute atomic E-state index is 0.0509. The molecule has 0 saturated carbocycles. The highest BCUT2D eigenvalue weighted by atomic mass is 16.5. The summed E-state index contributed by atoms with van der Waals surface area (Å²) in [6.45, 7) is 0. The van der Waals surface area contributed by atoms with Crippen LogP contribution in [0.5, 0.6) is 69.0 Å². The number of phenols is 9. The summed E-state index contributed by atoms with van der Waals surface area (Å²) in [5, 5.41) is 146.